The zero-order valence-corrected chi connectivity index (χ0v) is 17.0. The van der Waals surface area contributed by atoms with Gasteiger partial charge in [0.15, 0.2) is 0 Å². The molecule has 1 amide bonds. The van der Waals surface area contributed by atoms with E-state index in [1.54, 1.807) is 0 Å². The number of aliphatic carboxylic acids is 1. The van der Waals surface area contributed by atoms with Crippen LogP contribution in [0.4, 0.5) is 0 Å². The van der Waals surface area contributed by atoms with E-state index in [9.17, 15) is 14.7 Å². The number of carboxylic acid groups (broad SMARTS) is 1. The van der Waals surface area contributed by atoms with E-state index in [4.69, 9.17) is 0 Å². The number of carbonyl (C=O) groups excluding carboxylic acids is 1. The summed E-state index contributed by atoms with van der Waals surface area (Å²) in [5.74, 6) is -1.34. The highest BCUT2D eigenvalue weighted by Gasteiger charge is 2.20. The van der Waals surface area contributed by atoms with Crippen LogP contribution in [0.3, 0.4) is 0 Å². The summed E-state index contributed by atoms with van der Waals surface area (Å²) < 4.78 is 0. The Kier molecular flexibility index (Phi) is 6.08. The monoisotopic (exact) mass is 409 g/mol. The molecule has 4 nitrogen and oxygen atoms in total. The molecule has 0 bridgehead atoms. The van der Waals surface area contributed by atoms with Gasteiger partial charge in [0, 0.05) is 6.42 Å². The molecule has 0 aliphatic rings. The fraction of sp³-hybridized carbons (Fsp3) is 0.111. The van der Waals surface area contributed by atoms with Crippen LogP contribution in [0.25, 0.3) is 21.9 Å². The van der Waals surface area contributed by atoms with Gasteiger partial charge in [0.05, 0.1) is 6.42 Å². The summed E-state index contributed by atoms with van der Waals surface area (Å²) in [7, 11) is 0. The van der Waals surface area contributed by atoms with Gasteiger partial charge in [-0.15, -0.1) is 0 Å². The molecule has 1 atom stereocenters. The van der Waals surface area contributed by atoms with Gasteiger partial charge in [-0.2, -0.15) is 0 Å². The van der Waals surface area contributed by atoms with Crippen LogP contribution in [0.2, 0.25) is 0 Å². The van der Waals surface area contributed by atoms with Crippen LogP contribution in [0, 0.1) is 0 Å². The summed E-state index contributed by atoms with van der Waals surface area (Å²) in [6, 6.07) is 30.6. The van der Waals surface area contributed by atoms with Crippen molar-refractivity contribution in [2.75, 3.05) is 0 Å². The maximum absolute atomic E-state index is 12.5. The fourth-order valence-corrected chi connectivity index (χ4v) is 3.68. The van der Waals surface area contributed by atoms with Crippen LogP contribution in [0.5, 0.6) is 0 Å². The molecule has 0 aliphatic heterocycles. The summed E-state index contributed by atoms with van der Waals surface area (Å²) in [6.07, 6.45) is 0.370. The van der Waals surface area contributed by atoms with Crippen LogP contribution >= 0.6 is 0 Å². The van der Waals surface area contributed by atoms with Crippen molar-refractivity contribution in [3.63, 3.8) is 0 Å². The zero-order valence-electron chi connectivity index (χ0n) is 17.0. The van der Waals surface area contributed by atoms with Crippen molar-refractivity contribution in [3.8, 4) is 11.1 Å². The molecule has 0 aliphatic carbocycles. The second-order valence-corrected chi connectivity index (χ2v) is 7.58. The lowest BCUT2D eigenvalue weighted by Crippen LogP contribution is -2.43. The van der Waals surface area contributed by atoms with Crippen LogP contribution in [0.1, 0.15) is 11.1 Å². The molecule has 4 aromatic carbocycles. The second kappa shape index (κ2) is 9.26. The van der Waals surface area contributed by atoms with Gasteiger partial charge in [0.1, 0.15) is 6.04 Å². The fourth-order valence-electron chi connectivity index (χ4n) is 3.68. The second-order valence-electron chi connectivity index (χ2n) is 7.58. The smallest absolute Gasteiger partial charge is 0.326 e. The molecule has 0 saturated heterocycles. The van der Waals surface area contributed by atoms with E-state index in [0.29, 0.717) is 0 Å². The Hall–Kier alpha value is -3.92. The predicted molar refractivity (Wildman–Crippen MR) is 123 cm³/mol. The molecule has 0 radical (unpaired) electrons. The van der Waals surface area contributed by atoms with Crippen LogP contribution in [-0.4, -0.2) is 23.0 Å². The van der Waals surface area contributed by atoms with E-state index >= 15 is 0 Å². The van der Waals surface area contributed by atoms with Crippen molar-refractivity contribution in [2.45, 2.75) is 18.9 Å². The molecule has 0 spiro atoms. The Labute approximate surface area is 181 Å². The number of benzene rings is 4. The van der Waals surface area contributed by atoms with Crippen molar-refractivity contribution >= 4 is 22.6 Å². The summed E-state index contributed by atoms with van der Waals surface area (Å²) in [4.78, 5) is 24.3. The third-order valence-electron chi connectivity index (χ3n) is 5.31. The standard InChI is InChI=1S/C27H23NO3/c29-26(18-20-12-15-22-8-4-5-9-24(22)16-20)28-25(27(30)31)17-19-10-13-23(14-11-19)21-6-2-1-3-7-21/h1-16,25H,17-18H2,(H,28,29)(H,30,31)/t25-/m1/s1. The highest BCUT2D eigenvalue weighted by molar-refractivity contribution is 5.87. The van der Waals surface area contributed by atoms with Crippen molar-refractivity contribution in [1.82, 2.24) is 5.32 Å². The lowest BCUT2D eigenvalue weighted by Gasteiger charge is -2.15. The Bertz CT molecular complexity index is 1200. The molecule has 154 valence electrons. The minimum Gasteiger partial charge on any atom is -0.480 e. The number of fused-ring (bicyclic) bond motifs is 1. The van der Waals surface area contributed by atoms with Gasteiger partial charge in [0.25, 0.3) is 0 Å². The minimum atomic E-state index is -1.04. The van der Waals surface area contributed by atoms with Gasteiger partial charge in [-0.1, -0.05) is 97.1 Å². The first kappa shape index (κ1) is 20.4. The normalized spacial score (nSPS) is 11.7. The Morgan fingerprint density at radius 3 is 2.03 bits per heavy atom. The Morgan fingerprint density at radius 1 is 0.710 bits per heavy atom. The third-order valence-corrected chi connectivity index (χ3v) is 5.31. The van der Waals surface area contributed by atoms with Crippen LogP contribution < -0.4 is 5.32 Å². The van der Waals surface area contributed by atoms with Crippen molar-refractivity contribution in [2.24, 2.45) is 0 Å². The Morgan fingerprint density at radius 2 is 1.32 bits per heavy atom. The third kappa shape index (κ3) is 5.17. The maximum atomic E-state index is 12.5. The van der Waals surface area contributed by atoms with Gasteiger partial charge in [-0.3, -0.25) is 4.79 Å². The van der Waals surface area contributed by atoms with Crippen LogP contribution in [0.15, 0.2) is 97.1 Å². The summed E-state index contributed by atoms with van der Waals surface area (Å²) in [6.45, 7) is 0. The van der Waals surface area contributed by atoms with Crippen molar-refractivity contribution < 1.29 is 14.7 Å². The summed E-state index contributed by atoms with van der Waals surface area (Å²) >= 11 is 0. The summed E-state index contributed by atoms with van der Waals surface area (Å²) in [5.41, 5.74) is 3.88. The van der Waals surface area contributed by atoms with Gasteiger partial charge in [-0.25, -0.2) is 4.79 Å². The zero-order chi connectivity index (χ0) is 21.6. The van der Waals surface area contributed by atoms with Gasteiger partial charge in [0.2, 0.25) is 5.91 Å². The van der Waals surface area contributed by atoms with E-state index in [-0.39, 0.29) is 18.7 Å². The lowest BCUT2D eigenvalue weighted by atomic mass is 10.0. The average Bonchev–Trinajstić information content (AvgIpc) is 2.79. The highest BCUT2D eigenvalue weighted by atomic mass is 16.4. The topological polar surface area (TPSA) is 66.4 Å². The molecule has 0 fully saturated rings. The van der Waals surface area contributed by atoms with Gasteiger partial charge < -0.3 is 10.4 Å². The SMILES string of the molecule is O=C(Cc1ccc2ccccc2c1)N[C@H](Cc1ccc(-c2ccccc2)cc1)C(=O)O. The minimum absolute atomic E-state index is 0.140. The Balaban J connectivity index is 1.41. The number of amides is 1. The van der Waals surface area contributed by atoms with E-state index in [0.717, 1.165) is 33.0 Å². The molecular weight excluding hydrogens is 386 g/mol. The number of nitrogens with one attached hydrogen (secondary N) is 1. The first-order valence-electron chi connectivity index (χ1n) is 10.2. The van der Waals surface area contributed by atoms with Crippen LogP contribution in [-0.2, 0) is 22.4 Å². The number of hydrogen-bond acceptors (Lipinski definition) is 2. The van der Waals surface area contributed by atoms with E-state index < -0.39 is 12.0 Å². The first-order valence-corrected chi connectivity index (χ1v) is 10.2. The molecule has 2 N–H and O–H groups in total. The number of rotatable bonds is 7. The quantitative estimate of drug-likeness (QED) is 0.458. The highest BCUT2D eigenvalue weighted by Crippen LogP contribution is 2.20. The van der Waals surface area contributed by atoms with E-state index in [1.807, 2.05) is 97.1 Å². The maximum Gasteiger partial charge on any atom is 0.326 e. The molecule has 0 heterocycles. The largest absolute Gasteiger partial charge is 0.480 e. The van der Waals surface area contributed by atoms with Crippen molar-refractivity contribution in [1.29, 1.82) is 0 Å². The summed E-state index contributed by atoms with van der Waals surface area (Å²) in [5, 5.41) is 14.4. The van der Waals surface area contributed by atoms with Gasteiger partial charge in [-0.05, 0) is 33.0 Å². The molecule has 4 rings (SSSR count). The van der Waals surface area contributed by atoms with Gasteiger partial charge >= 0.3 is 5.97 Å². The van der Waals surface area contributed by atoms with Crippen molar-refractivity contribution in [3.05, 3.63) is 108 Å². The molecule has 31 heavy (non-hydrogen) atoms. The molecule has 0 unspecified atom stereocenters. The van der Waals surface area contributed by atoms with E-state index in [2.05, 4.69) is 5.32 Å². The lowest BCUT2D eigenvalue weighted by molar-refractivity contribution is -0.141. The predicted octanol–water partition coefficient (Wildman–Crippen LogP) is 4.86. The molecular formula is C27H23NO3. The molecule has 0 aromatic heterocycles. The van der Waals surface area contributed by atoms with E-state index in [1.165, 1.54) is 0 Å². The molecule has 0 saturated carbocycles. The molecule has 4 aromatic rings. The number of carbonyl (C=O) groups is 2. The first-order chi connectivity index (χ1) is 15.1. The average molecular weight is 409 g/mol. The number of carboxylic acids is 1. The molecule has 4 heteroatoms. The number of hydrogen-bond donors (Lipinski definition) is 2.